The topological polar surface area (TPSA) is 137 Å². The normalized spacial score (nSPS) is 17.7. The summed E-state index contributed by atoms with van der Waals surface area (Å²) in [4.78, 5) is 45.5. The van der Waals surface area contributed by atoms with E-state index in [2.05, 4.69) is 31.0 Å². The fraction of sp³-hybridized carbons (Fsp3) is 0.286. The number of carbonyl (C=O) groups is 3. The maximum atomic E-state index is 13.3. The van der Waals surface area contributed by atoms with Gasteiger partial charge in [0.1, 0.15) is 16.7 Å². The third-order valence-electron chi connectivity index (χ3n) is 6.73. The lowest BCUT2D eigenvalue weighted by Crippen LogP contribution is -2.30. The summed E-state index contributed by atoms with van der Waals surface area (Å²) < 4.78 is 4.67. The molecule has 0 saturated carbocycles. The Hall–Kier alpha value is -4.15. The fourth-order valence-corrected chi connectivity index (χ4v) is 4.93. The number of ether oxygens (including phenoxy) is 1. The van der Waals surface area contributed by atoms with Gasteiger partial charge in [-0.05, 0) is 67.3 Å². The molecule has 39 heavy (non-hydrogen) atoms. The number of imidazole rings is 1. The molecule has 0 saturated heterocycles. The summed E-state index contributed by atoms with van der Waals surface area (Å²) in [5.41, 5.74) is 4.81. The molecular formula is C28H29ClN6O4. The minimum absolute atomic E-state index is 0.199. The van der Waals surface area contributed by atoms with Crippen molar-refractivity contribution in [2.45, 2.75) is 38.3 Å². The Balaban J connectivity index is 1.47. The van der Waals surface area contributed by atoms with Gasteiger partial charge < -0.3 is 25.7 Å². The molecule has 3 aromatic rings. The van der Waals surface area contributed by atoms with E-state index in [4.69, 9.17) is 16.6 Å². The Morgan fingerprint density at radius 1 is 1.10 bits per heavy atom. The Bertz CT molecular complexity index is 1450. The fourth-order valence-electron chi connectivity index (χ4n) is 4.69. The predicted octanol–water partition coefficient (Wildman–Crippen LogP) is 4.70. The zero-order valence-corrected chi connectivity index (χ0v) is 22.2. The molecule has 0 aliphatic carbocycles. The maximum Gasteiger partial charge on any atom is 0.411 e. The van der Waals surface area contributed by atoms with E-state index in [0.29, 0.717) is 46.9 Å². The summed E-state index contributed by atoms with van der Waals surface area (Å²) in [7, 11) is 1.27. The minimum atomic E-state index is -0.634. The number of H-pyrrole nitrogens is 1. The molecular weight excluding hydrogens is 520 g/mol. The standard InChI is InChI=1S/C28H29ClN6O4/c1-39-28(38)31-19-9-10-20-22(14-19)32-23(36)6-4-2-3-5-21(26-34-24(20)25(29)35-26)33-27(37)17-7-8-18-15-30-12-11-16(18)13-17/h2-3,7-10,13-14,21,30H,4-6,11-12,15H2,1H3,(H,31,38)(H,32,36)(H,33,37)(H,34,35)/b3-2+/t21-/m0/s1. The largest absolute Gasteiger partial charge is 0.453 e. The van der Waals surface area contributed by atoms with Crippen LogP contribution >= 0.6 is 11.6 Å². The van der Waals surface area contributed by atoms with Gasteiger partial charge in [-0.1, -0.05) is 29.8 Å². The molecule has 202 valence electrons. The lowest BCUT2D eigenvalue weighted by molar-refractivity contribution is -0.116. The van der Waals surface area contributed by atoms with Crippen LogP contribution in [-0.4, -0.2) is 41.5 Å². The lowest BCUT2D eigenvalue weighted by Gasteiger charge is -2.19. The number of benzene rings is 2. The first-order chi connectivity index (χ1) is 18.9. The highest BCUT2D eigenvalue weighted by Gasteiger charge is 2.23. The molecule has 3 amide bonds. The number of hydrogen-bond acceptors (Lipinski definition) is 6. The van der Waals surface area contributed by atoms with Crippen LogP contribution in [0.25, 0.3) is 11.3 Å². The van der Waals surface area contributed by atoms with E-state index in [0.717, 1.165) is 19.5 Å². The van der Waals surface area contributed by atoms with Gasteiger partial charge in [0.25, 0.3) is 5.91 Å². The molecule has 5 rings (SSSR count). The molecule has 0 fully saturated rings. The van der Waals surface area contributed by atoms with E-state index in [-0.39, 0.29) is 23.4 Å². The first-order valence-electron chi connectivity index (χ1n) is 12.7. The average Bonchev–Trinajstić information content (AvgIpc) is 3.32. The van der Waals surface area contributed by atoms with Crippen molar-refractivity contribution in [3.63, 3.8) is 0 Å². The van der Waals surface area contributed by atoms with Crippen LogP contribution in [-0.2, 0) is 22.5 Å². The van der Waals surface area contributed by atoms with Crippen molar-refractivity contribution in [3.8, 4) is 11.3 Å². The molecule has 1 atom stereocenters. The second-order valence-electron chi connectivity index (χ2n) is 9.39. The van der Waals surface area contributed by atoms with E-state index < -0.39 is 12.1 Å². The number of nitrogens with zero attached hydrogens (tertiary/aromatic N) is 1. The van der Waals surface area contributed by atoms with Crippen LogP contribution in [0.3, 0.4) is 0 Å². The molecule has 3 heterocycles. The molecule has 0 radical (unpaired) electrons. The molecule has 1 aromatic heterocycles. The number of anilines is 2. The summed E-state index contributed by atoms with van der Waals surface area (Å²) in [6.07, 6.45) is 5.31. The number of fused-ring (bicyclic) bond motifs is 5. The van der Waals surface area contributed by atoms with Crippen LogP contribution in [0.1, 0.15) is 52.6 Å². The highest BCUT2D eigenvalue weighted by atomic mass is 35.5. The van der Waals surface area contributed by atoms with E-state index in [1.54, 1.807) is 18.2 Å². The number of nitrogens with one attached hydrogen (secondary N) is 5. The smallest absolute Gasteiger partial charge is 0.411 e. The number of carbonyl (C=O) groups excluding carboxylic acids is 3. The zero-order chi connectivity index (χ0) is 27.4. The third kappa shape index (κ3) is 6.13. The molecule has 11 heteroatoms. The summed E-state index contributed by atoms with van der Waals surface area (Å²) in [5, 5.41) is 12.2. The van der Waals surface area contributed by atoms with Crippen LogP contribution < -0.4 is 21.3 Å². The van der Waals surface area contributed by atoms with Gasteiger partial charge in [-0.15, -0.1) is 0 Å². The van der Waals surface area contributed by atoms with Crippen LogP contribution in [0.2, 0.25) is 5.15 Å². The van der Waals surface area contributed by atoms with Gasteiger partial charge in [0.05, 0.1) is 18.8 Å². The van der Waals surface area contributed by atoms with Gasteiger partial charge in [-0.3, -0.25) is 14.9 Å². The van der Waals surface area contributed by atoms with Crippen molar-refractivity contribution in [3.05, 3.63) is 76.2 Å². The summed E-state index contributed by atoms with van der Waals surface area (Å²) >= 11 is 6.60. The summed E-state index contributed by atoms with van der Waals surface area (Å²) in [6, 6.07) is 10.3. The van der Waals surface area contributed by atoms with Gasteiger partial charge >= 0.3 is 6.09 Å². The summed E-state index contributed by atoms with van der Waals surface area (Å²) in [5.74, 6) is 0.0852. The number of allylic oxidation sites excluding steroid dienone is 1. The van der Waals surface area contributed by atoms with Crippen molar-refractivity contribution < 1.29 is 19.1 Å². The Labute approximate surface area is 230 Å². The van der Waals surface area contributed by atoms with Crippen molar-refractivity contribution in [2.24, 2.45) is 0 Å². The van der Waals surface area contributed by atoms with Gasteiger partial charge in [-0.2, -0.15) is 0 Å². The Morgan fingerprint density at radius 3 is 2.82 bits per heavy atom. The molecule has 5 N–H and O–H groups in total. The number of hydrogen-bond donors (Lipinski definition) is 5. The van der Waals surface area contributed by atoms with Gasteiger partial charge in [0, 0.05) is 29.8 Å². The van der Waals surface area contributed by atoms with E-state index in [1.165, 1.54) is 18.2 Å². The van der Waals surface area contributed by atoms with Gasteiger partial charge in [0.2, 0.25) is 5.91 Å². The van der Waals surface area contributed by atoms with Crippen molar-refractivity contribution in [1.29, 1.82) is 0 Å². The number of halogens is 1. The van der Waals surface area contributed by atoms with Crippen molar-refractivity contribution in [1.82, 2.24) is 20.6 Å². The SMILES string of the molecule is COC(=O)Nc1ccc2c(c1)NC(=O)CC/C=C/C[C@H](NC(=O)c1ccc3c(c1)CCNC3)c1nc-2c(Cl)[nH]1. The van der Waals surface area contributed by atoms with Crippen molar-refractivity contribution >= 4 is 40.9 Å². The molecule has 2 aromatic carbocycles. The van der Waals surface area contributed by atoms with Gasteiger partial charge in [0.15, 0.2) is 0 Å². The highest BCUT2D eigenvalue weighted by Crippen LogP contribution is 2.35. The van der Waals surface area contributed by atoms with Gasteiger partial charge in [-0.25, -0.2) is 9.78 Å². The molecule has 0 unspecified atom stereocenters. The molecule has 0 spiro atoms. The number of amides is 3. The third-order valence-corrected chi connectivity index (χ3v) is 7.00. The van der Waals surface area contributed by atoms with Crippen LogP contribution in [0, 0.1) is 0 Å². The average molecular weight is 549 g/mol. The molecule has 2 bridgehead atoms. The first-order valence-corrected chi connectivity index (χ1v) is 13.1. The zero-order valence-electron chi connectivity index (χ0n) is 21.4. The molecule has 10 nitrogen and oxygen atoms in total. The predicted molar refractivity (Wildman–Crippen MR) is 149 cm³/mol. The maximum absolute atomic E-state index is 13.3. The molecule has 2 aliphatic heterocycles. The first kappa shape index (κ1) is 26.5. The minimum Gasteiger partial charge on any atom is -0.453 e. The Morgan fingerprint density at radius 2 is 1.97 bits per heavy atom. The molecule has 2 aliphatic rings. The van der Waals surface area contributed by atoms with E-state index in [9.17, 15) is 14.4 Å². The second kappa shape index (κ2) is 11.7. The number of rotatable bonds is 3. The number of aromatic nitrogens is 2. The highest BCUT2D eigenvalue weighted by molar-refractivity contribution is 6.32. The Kier molecular flexibility index (Phi) is 7.94. The lowest BCUT2D eigenvalue weighted by atomic mass is 9.98. The van der Waals surface area contributed by atoms with Crippen LogP contribution in [0.15, 0.2) is 48.6 Å². The van der Waals surface area contributed by atoms with E-state index >= 15 is 0 Å². The quantitative estimate of drug-likeness (QED) is 0.301. The number of methoxy groups -OCH3 is 1. The van der Waals surface area contributed by atoms with Crippen molar-refractivity contribution in [2.75, 3.05) is 24.3 Å². The van der Waals surface area contributed by atoms with Crippen LogP contribution in [0.4, 0.5) is 16.2 Å². The number of aromatic amines is 1. The van der Waals surface area contributed by atoms with Crippen LogP contribution in [0.5, 0.6) is 0 Å². The van der Waals surface area contributed by atoms with E-state index in [1.807, 2.05) is 30.4 Å². The summed E-state index contributed by atoms with van der Waals surface area (Å²) in [6.45, 7) is 1.69. The second-order valence-corrected chi connectivity index (χ2v) is 9.77. The monoisotopic (exact) mass is 548 g/mol.